The molecule has 2 unspecified atom stereocenters. The molecule has 1 N–H and O–H groups in total. The van der Waals surface area contributed by atoms with Crippen molar-refractivity contribution in [2.24, 2.45) is 0 Å². The zero-order valence-corrected chi connectivity index (χ0v) is 13.1. The smallest absolute Gasteiger partial charge is 0.242 e. The summed E-state index contributed by atoms with van der Waals surface area (Å²) in [6, 6.07) is -0.150. The average Bonchev–Trinajstić information content (AvgIpc) is 2.69. The molecular formula is C12H23ClN2O3S. The molecule has 0 aromatic carbocycles. The normalized spacial score (nSPS) is 33.5. The number of rotatable bonds is 2. The molecule has 2 heterocycles. The number of nitrogens with one attached hydrogen (secondary N) is 1. The first kappa shape index (κ1) is 16.7. The van der Waals surface area contributed by atoms with Gasteiger partial charge in [0.2, 0.25) is 5.91 Å². The fourth-order valence-electron chi connectivity index (χ4n) is 2.87. The highest BCUT2D eigenvalue weighted by Crippen LogP contribution is 2.24. The third kappa shape index (κ3) is 3.61. The largest absolute Gasteiger partial charge is 0.340 e. The van der Waals surface area contributed by atoms with Crippen molar-refractivity contribution in [3.63, 3.8) is 0 Å². The second-order valence-electron chi connectivity index (χ2n) is 5.69. The number of sulfone groups is 1. The lowest BCUT2D eigenvalue weighted by Gasteiger charge is -2.38. The minimum Gasteiger partial charge on any atom is -0.340 e. The summed E-state index contributed by atoms with van der Waals surface area (Å²) in [7, 11) is -1.21. The van der Waals surface area contributed by atoms with E-state index in [2.05, 4.69) is 5.32 Å². The van der Waals surface area contributed by atoms with Crippen LogP contribution < -0.4 is 5.32 Å². The number of amides is 1. The van der Waals surface area contributed by atoms with Gasteiger partial charge in [-0.25, -0.2) is 8.42 Å². The summed E-state index contributed by atoms with van der Waals surface area (Å²) in [6.45, 7) is 2.79. The maximum atomic E-state index is 12.5. The molecule has 0 aromatic heterocycles. The van der Waals surface area contributed by atoms with E-state index in [9.17, 15) is 13.2 Å². The van der Waals surface area contributed by atoms with Gasteiger partial charge in [0.05, 0.1) is 17.0 Å². The lowest BCUT2D eigenvalue weighted by Crippen LogP contribution is -2.59. The van der Waals surface area contributed by atoms with E-state index < -0.39 is 15.4 Å². The Morgan fingerprint density at radius 1 is 1.37 bits per heavy atom. The van der Waals surface area contributed by atoms with Crippen molar-refractivity contribution in [1.29, 1.82) is 0 Å². The Morgan fingerprint density at radius 3 is 2.53 bits per heavy atom. The third-order valence-electron chi connectivity index (χ3n) is 4.17. The van der Waals surface area contributed by atoms with E-state index in [1.165, 1.54) is 0 Å². The van der Waals surface area contributed by atoms with Crippen LogP contribution >= 0.6 is 12.4 Å². The Kier molecular flexibility index (Phi) is 5.26. The van der Waals surface area contributed by atoms with Crippen LogP contribution in [0.5, 0.6) is 0 Å². The van der Waals surface area contributed by atoms with Gasteiger partial charge in [-0.3, -0.25) is 4.79 Å². The molecule has 7 heteroatoms. The monoisotopic (exact) mass is 310 g/mol. The summed E-state index contributed by atoms with van der Waals surface area (Å²) in [5.41, 5.74) is -0.515. The number of likely N-dealkylation sites (N-methyl/N-ethyl adjacent to an activating group) is 1. The van der Waals surface area contributed by atoms with E-state index in [0.29, 0.717) is 6.42 Å². The van der Waals surface area contributed by atoms with Gasteiger partial charge in [-0.1, -0.05) is 0 Å². The van der Waals surface area contributed by atoms with Crippen molar-refractivity contribution in [3.8, 4) is 0 Å². The summed E-state index contributed by atoms with van der Waals surface area (Å²) < 4.78 is 22.9. The minimum atomic E-state index is -2.94. The second kappa shape index (κ2) is 5.97. The van der Waals surface area contributed by atoms with Gasteiger partial charge in [0.25, 0.3) is 0 Å². The van der Waals surface area contributed by atoms with Crippen molar-refractivity contribution >= 4 is 28.2 Å². The topological polar surface area (TPSA) is 66.5 Å². The van der Waals surface area contributed by atoms with E-state index in [0.717, 1.165) is 25.8 Å². The van der Waals surface area contributed by atoms with Crippen molar-refractivity contribution < 1.29 is 13.2 Å². The average molecular weight is 311 g/mol. The predicted octanol–water partition coefficient (Wildman–Crippen LogP) is 0.586. The van der Waals surface area contributed by atoms with Crippen molar-refractivity contribution in [1.82, 2.24) is 10.2 Å². The molecule has 19 heavy (non-hydrogen) atoms. The van der Waals surface area contributed by atoms with Crippen LogP contribution in [0.2, 0.25) is 0 Å². The Hall–Kier alpha value is -0.330. The van der Waals surface area contributed by atoms with Gasteiger partial charge in [0.15, 0.2) is 9.84 Å². The molecule has 0 aromatic rings. The molecular weight excluding hydrogens is 288 g/mol. The van der Waals surface area contributed by atoms with E-state index in [1.54, 1.807) is 11.9 Å². The standard InChI is InChI=1S/C12H22N2O3S.ClH/c1-12(6-3-4-7-13-12)11(15)14(2)10-5-8-18(16,17)9-10;/h10,13H,3-9H2,1-2H3;1H. The second-order valence-corrected chi connectivity index (χ2v) is 7.92. The molecule has 0 bridgehead atoms. The molecule has 0 spiro atoms. The van der Waals surface area contributed by atoms with Gasteiger partial charge in [-0.2, -0.15) is 0 Å². The van der Waals surface area contributed by atoms with Gasteiger partial charge in [-0.05, 0) is 39.2 Å². The molecule has 2 atom stereocenters. The van der Waals surface area contributed by atoms with Gasteiger partial charge in [0, 0.05) is 13.1 Å². The van der Waals surface area contributed by atoms with Crippen LogP contribution in [0.25, 0.3) is 0 Å². The van der Waals surface area contributed by atoms with Gasteiger partial charge >= 0.3 is 0 Å². The van der Waals surface area contributed by atoms with E-state index >= 15 is 0 Å². The lowest BCUT2D eigenvalue weighted by molar-refractivity contribution is -0.139. The van der Waals surface area contributed by atoms with E-state index in [1.807, 2.05) is 6.92 Å². The number of hydrogen-bond acceptors (Lipinski definition) is 4. The molecule has 2 saturated heterocycles. The molecule has 1 amide bonds. The van der Waals surface area contributed by atoms with Gasteiger partial charge < -0.3 is 10.2 Å². The fourth-order valence-corrected chi connectivity index (χ4v) is 4.65. The molecule has 0 radical (unpaired) electrons. The molecule has 112 valence electrons. The van der Waals surface area contributed by atoms with Gasteiger partial charge in [0.1, 0.15) is 0 Å². The Morgan fingerprint density at radius 2 is 2.05 bits per heavy atom. The Labute approximate surface area is 121 Å². The molecule has 0 saturated carbocycles. The number of carbonyl (C=O) groups is 1. The maximum Gasteiger partial charge on any atom is 0.242 e. The van der Waals surface area contributed by atoms with Crippen LogP contribution in [0.4, 0.5) is 0 Å². The summed E-state index contributed by atoms with van der Waals surface area (Å²) in [5.74, 6) is 0.356. The van der Waals surface area contributed by atoms with E-state index in [-0.39, 0.29) is 35.9 Å². The van der Waals surface area contributed by atoms with Gasteiger partial charge in [-0.15, -0.1) is 12.4 Å². The van der Waals surface area contributed by atoms with Crippen LogP contribution in [0, 0.1) is 0 Å². The van der Waals surface area contributed by atoms with Crippen LogP contribution in [-0.4, -0.2) is 55.9 Å². The molecule has 2 aliphatic rings. The van der Waals surface area contributed by atoms with Crippen LogP contribution in [0.1, 0.15) is 32.6 Å². The quantitative estimate of drug-likeness (QED) is 0.810. The van der Waals surface area contributed by atoms with Crippen molar-refractivity contribution in [3.05, 3.63) is 0 Å². The first-order valence-corrected chi connectivity index (χ1v) is 8.39. The predicted molar refractivity (Wildman–Crippen MR) is 77.3 cm³/mol. The SMILES string of the molecule is CN(C(=O)C1(C)CCCCN1)C1CCS(=O)(=O)C1.Cl. The Bertz CT molecular complexity index is 432. The third-order valence-corrected chi connectivity index (χ3v) is 5.92. The molecule has 5 nitrogen and oxygen atoms in total. The van der Waals surface area contributed by atoms with Crippen LogP contribution in [0.3, 0.4) is 0 Å². The summed E-state index contributed by atoms with van der Waals surface area (Å²) in [4.78, 5) is 14.1. The minimum absolute atomic E-state index is 0. The molecule has 2 rings (SSSR count). The van der Waals surface area contributed by atoms with Crippen molar-refractivity contribution in [2.45, 2.75) is 44.2 Å². The van der Waals surface area contributed by atoms with Crippen molar-refractivity contribution in [2.75, 3.05) is 25.1 Å². The van der Waals surface area contributed by atoms with E-state index in [4.69, 9.17) is 0 Å². The fraction of sp³-hybridized carbons (Fsp3) is 0.917. The summed E-state index contributed by atoms with van der Waals surface area (Å²) >= 11 is 0. The number of piperidine rings is 1. The highest BCUT2D eigenvalue weighted by molar-refractivity contribution is 7.91. The highest BCUT2D eigenvalue weighted by Gasteiger charge is 2.41. The van der Waals surface area contributed by atoms with Crippen LogP contribution in [0.15, 0.2) is 0 Å². The first-order chi connectivity index (χ1) is 8.34. The summed E-state index contributed by atoms with van der Waals surface area (Å²) in [5, 5.41) is 3.28. The number of hydrogen-bond donors (Lipinski definition) is 1. The zero-order chi connectivity index (χ0) is 13.4. The first-order valence-electron chi connectivity index (χ1n) is 6.57. The van der Waals surface area contributed by atoms with Crippen LogP contribution in [-0.2, 0) is 14.6 Å². The highest BCUT2D eigenvalue weighted by atomic mass is 35.5. The number of carbonyl (C=O) groups excluding carboxylic acids is 1. The summed E-state index contributed by atoms with van der Waals surface area (Å²) in [6.07, 6.45) is 3.55. The molecule has 0 aliphatic carbocycles. The lowest BCUT2D eigenvalue weighted by atomic mass is 9.89. The number of nitrogens with zero attached hydrogens (tertiary/aromatic N) is 1. The molecule has 2 fully saturated rings. The Balaban J connectivity index is 0.00000180. The maximum absolute atomic E-state index is 12.5. The molecule has 2 aliphatic heterocycles. The number of halogens is 1. The zero-order valence-electron chi connectivity index (χ0n) is 11.5.